The third kappa shape index (κ3) is 2.61. The van der Waals surface area contributed by atoms with Crippen molar-refractivity contribution in [2.45, 2.75) is 38.3 Å². The molecule has 16 heavy (non-hydrogen) atoms. The Labute approximate surface area is 95.5 Å². The van der Waals surface area contributed by atoms with E-state index in [1.165, 1.54) is 24.0 Å². The molecule has 3 heteroatoms. The molecule has 1 aromatic carbocycles. The summed E-state index contributed by atoms with van der Waals surface area (Å²) in [5.74, 6) is -0.0953. The van der Waals surface area contributed by atoms with Gasteiger partial charge in [0.2, 0.25) is 0 Å². The van der Waals surface area contributed by atoms with Crippen LogP contribution in [0.1, 0.15) is 36.8 Å². The predicted molar refractivity (Wildman–Crippen MR) is 62.4 cm³/mol. The monoisotopic (exact) mass is 219 g/mol. The first-order chi connectivity index (χ1) is 7.68. The van der Waals surface area contributed by atoms with Gasteiger partial charge in [-0.25, -0.2) is 0 Å². The van der Waals surface area contributed by atoms with E-state index in [9.17, 15) is 4.79 Å². The molecule has 3 nitrogen and oxygen atoms in total. The second-order valence-electron chi connectivity index (χ2n) is 4.41. The summed E-state index contributed by atoms with van der Waals surface area (Å²) < 4.78 is 0. The minimum atomic E-state index is -0.802. The van der Waals surface area contributed by atoms with Crippen LogP contribution in [0.5, 0.6) is 0 Å². The van der Waals surface area contributed by atoms with E-state index in [0.717, 1.165) is 0 Å². The average molecular weight is 219 g/mol. The number of benzene rings is 1. The zero-order valence-electron chi connectivity index (χ0n) is 9.44. The Kier molecular flexibility index (Phi) is 3.25. The molecule has 0 aromatic heterocycles. The highest BCUT2D eigenvalue weighted by atomic mass is 16.4. The van der Waals surface area contributed by atoms with E-state index in [2.05, 4.69) is 23.5 Å². The van der Waals surface area contributed by atoms with Gasteiger partial charge in [0.05, 0.1) is 0 Å². The lowest BCUT2D eigenvalue weighted by atomic mass is 10.0. The highest BCUT2D eigenvalue weighted by Gasteiger charge is 2.25. The van der Waals surface area contributed by atoms with Crippen LogP contribution in [0.3, 0.4) is 0 Å². The van der Waals surface area contributed by atoms with Gasteiger partial charge in [-0.15, -0.1) is 0 Å². The molecule has 0 spiro atoms. The quantitative estimate of drug-likeness (QED) is 0.797. The minimum absolute atomic E-state index is 0.493. The molecular formula is C13H17NO2. The van der Waals surface area contributed by atoms with E-state index in [1.807, 2.05) is 6.07 Å². The highest BCUT2D eigenvalue weighted by Crippen LogP contribution is 2.41. The predicted octanol–water partition coefficient (Wildman–Crippen LogP) is 2.13. The number of aliphatic carboxylic acids is 1. The van der Waals surface area contributed by atoms with Gasteiger partial charge in [0.25, 0.3) is 0 Å². The molecule has 1 saturated carbocycles. The lowest BCUT2D eigenvalue weighted by molar-refractivity contribution is -0.139. The molecule has 1 atom stereocenters. The summed E-state index contributed by atoms with van der Waals surface area (Å²) >= 11 is 0. The van der Waals surface area contributed by atoms with Gasteiger partial charge in [0.1, 0.15) is 6.04 Å². The van der Waals surface area contributed by atoms with Crippen LogP contribution in [0.15, 0.2) is 24.3 Å². The van der Waals surface area contributed by atoms with Crippen LogP contribution < -0.4 is 5.32 Å². The Bertz CT molecular complexity index is 385. The highest BCUT2D eigenvalue weighted by molar-refractivity contribution is 5.72. The van der Waals surface area contributed by atoms with Crippen molar-refractivity contribution < 1.29 is 9.90 Å². The first-order valence-corrected chi connectivity index (χ1v) is 5.72. The molecule has 2 N–H and O–H groups in total. The number of hydrogen-bond acceptors (Lipinski definition) is 2. The first-order valence-electron chi connectivity index (χ1n) is 5.72. The van der Waals surface area contributed by atoms with Gasteiger partial charge >= 0.3 is 5.97 Å². The number of carboxylic acids is 1. The van der Waals surface area contributed by atoms with Crippen LogP contribution in [0, 0.1) is 0 Å². The molecule has 1 aliphatic rings. The van der Waals surface area contributed by atoms with Gasteiger partial charge in [0.15, 0.2) is 0 Å². The van der Waals surface area contributed by atoms with Gasteiger partial charge in [0, 0.05) is 6.54 Å². The second-order valence-corrected chi connectivity index (χ2v) is 4.41. The van der Waals surface area contributed by atoms with Crippen LogP contribution in [-0.2, 0) is 11.3 Å². The Hall–Kier alpha value is -1.35. The summed E-state index contributed by atoms with van der Waals surface area (Å²) in [5.41, 5.74) is 2.62. The summed E-state index contributed by atoms with van der Waals surface area (Å²) in [6.45, 7) is 2.31. The average Bonchev–Trinajstić information content (AvgIpc) is 3.10. The normalized spacial score (nSPS) is 17.1. The van der Waals surface area contributed by atoms with Crippen molar-refractivity contribution in [3.63, 3.8) is 0 Å². The Morgan fingerprint density at radius 3 is 2.81 bits per heavy atom. The molecule has 0 saturated heterocycles. The molecule has 86 valence electrons. The molecule has 1 unspecified atom stereocenters. The van der Waals surface area contributed by atoms with E-state index in [1.54, 1.807) is 6.92 Å². The fourth-order valence-corrected chi connectivity index (χ4v) is 1.84. The molecule has 0 bridgehead atoms. The summed E-state index contributed by atoms with van der Waals surface area (Å²) in [7, 11) is 0. The maximum absolute atomic E-state index is 10.7. The maximum atomic E-state index is 10.7. The van der Waals surface area contributed by atoms with E-state index >= 15 is 0 Å². The summed E-state index contributed by atoms with van der Waals surface area (Å²) in [4.78, 5) is 10.7. The number of carbonyl (C=O) groups is 1. The topological polar surface area (TPSA) is 49.3 Å². The minimum Gasteiger partial charge on any atom is -0.480 e. The van der Waals surface area contributed by atoms with Crippen LogP contribution in [0.2, 0.25) is 0 Å². The summed E-state index contributed by atoms with van der Waals surface area (Å²) in [5, 5.41) is 11.8. The van der Waals surface area contributed by atoms with E-state index < -0.39 is 12.0 Å². The van der Waals surface area contributed by atoms with Gasteiger partial charge in [-0.1, -0.05) is 24.3 Å². The lowest BCUT2D eigenvalue weighted by Gasteiger charge is -2.12. The molecule has 2 rings (SSSR count). The molecule has 0 heterocycles. The second kappa shape index (κ2) is 4.66. The van der Waals surface area contributed by atoms with Crippen molar-refractivity contribution in [1.82, 2.24) is 5.32 Å². The van der Waals surface area contributed by atoms with Crippen molar-refractivity contribution >= 4 is 5.97 Å². The van der Waals surface area contributed by atoms with Gasteiger partial charge in [-0.3, -0.25) is 4.79 Å². The fourth-order valence-electron chi connectivity index (χ4n) is 1.84. The van der Waals surface area contributed by atoms with Crippen LogP contribution in [-0.4, -0.2) is 17.1 Å². The first kappa shape index (κ1) is 11.1. The standard InChI is InChI=1S/C13H17NO2/c1-9(13(15)16)14-8-11-4-2-3-5-12(11)10-6-7-10/h2-5,9-10,14H,6-8H2,1H3,(H,15,16). The van der Waals surface area contributed by atoms with Crippen LogP contribution in [0.4, 0.5) is 0 Å². The van der Waals surface area contributed by atoms with Crippen molar-refractivity contribution in [2.75, 3.05) is 0 Å². The number of rotatable bonds is 5. The van der Waals surface area contributed by atoms with Gasteiger partial charge in [-0.2, -0.15) is 0 Å². The molecule has 1 aliphatic carbocycles. The van der Waals surface area contributed by atoms with E-state index in [0.29, 0.717) is 12.5 Å². The smallest absolute Gasteiger partial charge is 0.320 e. The lowest BCUT2D eigenvalue weighted by Crippen LogP contribution is -2.33. The fraction of sp³-hybridized carbons (Fsp3) is 0.462. The largest absolute Gasteiger partial charge is 0.480 e. The molecule has 0 aliphatic heterocycles. The molecule has 1 aromatic rings. The van der Waals surface area contributed by atoms with Gasteiger partial charge in [-0.05, 0) is 36.8 Å². The summed E-state index contributed by atoms with van der Waals surface area (Å²) in [6, 6.07) is 7.80. The SMILES string of the molecule is CC(NCc1ccccc1C1CC1)C(=O)O. The van der Waals surface area contributed by atoms with Crippen molar-refractivity contribution in [2.24, 2.45) is 0 Å². The maximum Gasteiger partial charge on any atom is 0.320 e. The zero-order valence-corrected chi connectivity index (χ0v) is 9.44. The molecular weight excluding hydrogens is 202 g/mol. The number of nitrogens with one attached hydrogen (secondary N) is 1. The van der Waals surface area contributed by atoms with E-state index in [4.69, 9.17) is 5.11 Å². The van der Waals surface area contributed by atoms with Crippen LogP contribution in [0.25, 0.3) is 0 Å². The molecule has 0 radical (unpaired) electrons. The Morgan fingerprint density at radius 1 is 1.50 bits per heavy atom. The van der Waals surface area contributed by atoms with Crippen LogP contribution >= 0.6 is 0 Å². The van der Waals surface area contributed by atoms with Crippen molar-refractivity contribution in [1.29, 1.82) is 0 Å². The van der Waals surface area contributed by atoms with Crippen molar-refractivity contribution in [3.05, 3.63) is 35.4 Å². The third-order valence-electron chi connectivity index (χ3n) is 3.04. The zero-order chi connectivity index (χ0) is 11.5. The molecule has 0 amide bonds. The van der Waals surface area contributed by atoms with Gasteiger partial charge < -0.3 is 10.4 Å². The van der Waals surface area contributed by atoms with Crippen molar-refractivity contribution in [3.8, 4) is 0 Å². The van der Waals surface area contributed by atoms with E-state index in [-0.39, 0.29) is 0 Å². The Balaban J connectivity index is 2.00. The number of carboxylic acid groups (broad SMARTS) is 1. The third-order valence-corrected chi connectivity index (χ3v) is 3.04. The Morgan fingerprint density at radius 2 is 2.19 bits per heavy atom. The number of hydrogen-bond donors (Lipinski definition) is 2. The summed E-state index contributed by atoms with van der Waals surface area (Å²) in [6.07, 6.45) is 2.54. The molecule has 1 fully saturated rings.